The molecule has 6 heteroatoms. The van der Waals surface area contributed by atoms with Crippen molar-refractivity contribution in [3.63, 3.8) is 0 Å². The summed E-state index contributed by atoms with van der Waals surface area (Å²) in [6.45, 7) is 3.55. The Morgan fingerprint density at radius 2 is 2.37 bits per heavy atom. The number of nitrogens with zero attached hydrogens (tertiary/aromatic N) is 3. The number of thiazole rings is 1. The smallest absolute Gasteiger partial charge is 0.189 e. The Balaban J connectivity index is 2.05. The van der Waals surface area contributed by atoms with Crippen molar-refractivity contribution in [3.8, 4) is 0 Å². The molecule has 0 radical (unpaired) electrons. The first-order valence-corrected chi connectivity index (χ1v) is 7.30. The Morgan fingerprint density at radius 3 is 3.11 bits per heavy atom. The molecule has 2 aromatic heterocycles. The predicted octanol–water partition coefficient (Wildman–Crippen LogP) is 1.68. The number of carbonyl (C=O) groups is 1. The normalized spacial score (nSPS) is 10.8. The summed E-state index contributed by atoms with van der Waals surface area (Å²) in [6.07, 6.45) is 5.70. The van der Waals surface area contributed by atoms with E-state index < -0.39 is 0 Å². The Morgan fingerprint density at radius 1 is 1.53 bits per heavy atom. The molecule has 2 aromatic rings. The Kier molecular flexibility index (Phi) is 4.81. The van der Waals surface area contributed by atoms with E-state index in [4.69, 9.17) is 5.73 Å². The van der Waals surface area contributed by atoms with Gasteiger partial charge in [0.15, 0.2) is 5.78 Å². The lowest BCUT2D eigenvalue weighted by atomic mass is 10.2. The second-order valence-electron chi connectivity index (χ2n) is 4.30. The number of carbonyl (C=O) groups excluding carboxylic acids is 1. The average Bonchev–Trinajstić information content (AvgIpc) is 3.01. The Hall–Kier alpha value is -1.53. The van der Waals surface area contributed by atoms with Gasteiger partial charge in [0.25, 0.3) is 0 Å². The van der Waals surface area contributed by atoms with Crippen LogP contribution in [0, 0.1) is 0 Å². The summed E-state index contributed by atoms with van der Waals surface area (Å²) in [6, 6.07) is 0. The minimum atomic E-state index is 0.0167. The third-order valence-electron chi connectivity index (χ3n) is 2.78. The van der Waals surface area contributed by atoms with Crippen molar-refractivity contribution in [1.29, 1.82) is 0 Å². The second kappa shape index (κ2) is 6.58. The Bertz CT molecular complexity index is 546. The van der Waals surface area contributed by atoms with Crippen LogP contribution in [0.4, 0.5) is 0 Å². The lowest BCUT2D eigenvalue weighted by Gasteiger charge is -2.04. The Labute approximate surface area is 116 Å². The molecule has 0 aliphatic rings. The van der Waals surface area contributed by atoms with E-state index in [2.05, 4.69) is 16.9 Å². The number of nitrogens with two attached hydrogens (primary N) is 1. The number of Topliss-reactive ketones (excluding diaryl/α,β-unsaturated/α-hetero) is 1. The van der Waals surface area contributed by atoms with E-state index in [0.717, 1.165) is 30.2 Å². The van der Waals surface area contributed by atoms with Gasteiger partial charge in [0, 0.05) is 30.7 Å². The molecule has 2 rings (SSSR count). The third-order valence-corrected chi connectivity index (χ3v) is 3.69. The molecule has 0 saturated carbocycles. The van der Waals surface area contributed by atoms with Crippen molar-refractivity contribution in [3.05, 3.63) is 34.3 Å². The van der Waals surface area contributed by atoms with E-state index in [1.165, 1.54) is 11.3 Å². The van der Waals surface area contributed by atoms with E-state index in [1.54, 1.807) is 11.6 Å². The zero-order valence-corrected chi connectivity index (χ0v) is 11.8. The molecule has 2 heterocycles. The number of hydrogen-bond acceptors (Lipinski definition) is 5. The SMILES string of the molecule is CCCn1ccnc1CC(=O)c1csc(CCN)n1. The van der Waals surface area contributed by atoms with Crippen LogP contribution in [0.2, 0.25) is 0 Å². The van der Waals surface area contributed by atoms with Crippen LogP contribution in [0.1, 0.15) is 34.7 Å². The van der Waals surface area contributed by atoms with Gasteiger partial charge >= 0.3 is 0 Å². The first kappa shape index (κ1) is 13.9. The summed E-state index contributed by atoms with van der Waals surface area (Å²) in [5, 5.41) is 2.73. The van der Waals surface area contributed by atoms with Crippen LogP contribution in [-0.4, -0.2) is 26.9 Å². The molecule has 0 atom stereocenters. The molecular formula is C13H18N4OS. The predicted molar refractivity (Wildman–Crippen MR) is 75.4 cm³/mol. The van der Waals surface area contributed by atoms with Gasteiger partial charge in [0.2, 0.25) is 0 Å². The molecule has 0 aliphatic heterocycles. The lowest BCUT2D eigenvalue weighted by molar-refractivity contribution is 0.0985. The fourth-order valence-corrected chi connectivity index (χ4v) is 2.68. The van der Waals surface area contributed by atoms with E-state index in [9.17, 15) is 4.79 Å². The topological polar surface area (TPSA) is 73.8 Å². The van der Waals surface area contributed by atoms with Crippen molar-refractivity contribution < 1.29 is 4.79 Å². The fourth-order valence-electron chi connectivity index (χ4n) is 1.86. The number of rotatable bonds is 7. The highest BCUT2D eigenvalue weighted by Gasteiger charge is 2.14. The van der Waals surface area contributed by atoms with Gasteiger partial charge in [-0.25, -0.2) is 9.97 Å². The van der Waals surface area contributed by atoms with Gasteiger partial charge < -0.3 is 10.3 Å². The van der Waals surface area contributed by atoms with E-state index in [-0.39, 0.29) is 5.78 Å². The quantitative estimate of drug-likeness (QED) is 0.782. The van der Waals surface area contributed by atoms with Gasteiger partial charge in [-0.15, -0.1) is 11.3 Å². The number of aromatic nitrogens is 3. The molecule has 0 fully saturated rings. The van der Waals surface area contributed by atoms with Gasteiger partial charge in [-0.1, -0.05) is 6.92 Å². The minimum Gasteiger partial charge on any atom is -0.335 e. The first-order chi connectivity index (χ1) is 9.24. The van der Waals surface area contributed by atoms with Gasteiger partial charge in [-0.05, 0) is 13.0 Å². The van der Waals surface area contributed by atoms with Crippen LogP contribution in [0.5, 0.6) is 0 Å². The van der Waals surface area contributed by atoms with Crippen LogP contribution in [0.15, 0.2) is 17.8 Å². The molecule has 5 nitrogen and oxygen atoms in total. The number of ketones is 1. The standard InChI is InChI=1S/C13H18N4OS/c1-2-6-17-7-5-15-12(17)8-11(18)10-9-19-13(16-10)3-4-14/h5,7,9H,2-4,6,8,14H2,1H3. The van der Waals surface area contributed by atoms with Gasteiger partial charge in [0.1, 0.15) is 11.5 Å². The maximum atomic E-state index is 12.1. The lowest BCUT2D eigenvalue weighted by Crippen LogP contribution is -2.11. The van der Waals surface area contributed by atoms with E-state index >= 15 is 0 Å². The van der Waals surface area contributed by atoms with Crippen LogP contribution in [0.3, 0.4) is 0 Å². The summed E-state index contributed by atoms with van der Waals surface area (Å²) >= 11 is 1.49. The fraction of sp³-hybridized carbons (Fsp3) is 0.462. The van der Waals surface area contributed by atoms with Crippen molar-refractivity contribution >= 4 is 17.1 Å². The summed E-state index contributed by atoms with van der Waals surface area (Å²) in [5.41, 5.74) is 6.00. The van der Waals surface area contributed by atoms with Crippen LogP contribution in [0.25, 0.3) is 0 Å². The van der Waals surface area contributed by atoms with Gasteiger partial charge in [0.05, 0.1) is 11.4 Å². The highest BCUT2D eigenvalue weighted by Crippen LogP contribution is 2.12. The summed E-state index contributed by atoms with van der Waals surface area (Å²) in [4.78, 5) is 20.7. The summed E-state index contributed by atoms with van der Waals surface area (Å²) in [7, 11) is 0. The number of imidazole rings is 1. The zero-order valence-electron chi connectivity index (χ0n) is 11.0. The summed E-state index contributed by atoms with van der Waals surface area (Å²) < 4.78 is 2.02. The average molecular weight is 278 g/mol. The molecule has 102 valence electrons. The molecule has 0 aliphatic carbocycles. The summed E-state index contributed by atoms with van der Waals surface area (Å²) in [5.74, 6) is 0.822. The van der Waals surface area contributed by atoms with Crippen molar-refractivity contribution in [1.82, 2.24) is 14.5 Å². The monoisotopic (exact) mass is 278 g/mol. The second-order valence-corrected chi connectivity index (χ2v) is 5.24. The zero-order chi connectivity index (χ0) is 13.7. The third kappa shape index (κ3) is 3.48. The maximum Gasteiger partial charge on any atom is 0.189 e. The van der Waals surface area contributed by atoms with Crippen molar-refractivity contribution in [2.24, 2.45) is 5.73 Å². The van der Waals surface area contributed by atoms with Crippen LogP contribution in [-0.2, 0) is 19.4 Å². The van der Waals surface area contributed by atoms with Crippen molar-refractivity contribution in [2.45, 2.75) is 32.7 Å². The van der Waals surface area contributed by atoms with Gasteiger partial charge in [-0.3, -0.25) is 4.79 Å². The van der Waals surface area contributed by atoms with Crippen LogP contribution >= 0.6 is 11.3 Å². The first-order valence-electron chi connectivity index (χ1n) is 6.42. The maximum absolute atomic E-state index is 12.1. The highest BCUT2D eigenvalue weighted by molar-refractivity contribution is 7.09. The minimum absolute atomic E-state index is 0.0167. The molecule has 0 aromatic carbocycles. The number of hydrogen-bond donors (Lipinski definition) is 1. The van der Waals surface area contributed by atoms with Gasteiger partial charge in [-0.2, -0.15) is 0 Å². The molecular weight excluding hydrogens is 260 g/mol. The molecule has 0 bridgehead atoms. The van der Waals surface area contributed by atoms with Crippen molar-refractivity contribution in [2.75, 3.05) is 6.54 Å². The molecule has 0 saturated heterocycles. The number of aryl methyl sites for hydroxylation is 1. The highest BCUT2D eigenvalue weighted by atomic mass is 32.1. The molecule has 2 N–H and O–H groups in total. The molecule has 19 heavy (non-hydrogen) atoms. The molecule has 0 unspecified atom stereocenters. The van der Waals surface area contributed by atoms with E-state index in [0.29, 0.717) is 18.7 Å². The molecule has 0 amide bonds. The molecule has 0 spiro atoms. The van der Waals surface area contributed by atoms with E-state index in [1.807, 2.05) is 10.8 Å². The largest absolute Gasteiger partial charge is 0.335 e. The van der Waals surface area contributed by atoms with Crippen LogP contribution < -0.4 is 5.73 Å².